The lowest BCUT2D eigenvalue weighted by Crippen LogP contribution is -2.28. The van der Waals surface area contributed by atoms with Gasteiger partial charge in [0.15, 0.2) is 0 Å². The summed E-state index contributed by atoms with van der Waals surface area (Å²) >= 11 is 0. The molecule has 1 aromatic heterocycles. The molecule has 1 fully saturated rings. The minimum absolute atomic E-state index is 0.0331. The van der Waals surface area contributed by atoms with Crippen molar-refractivity contribution in [2.24, 2.45) is 0 Å². The molecule has 0 spiro atoms. The van der Waals surface area contributed by atoms with Gasteiger partial charge < -0.3 is 4.57 Å². The smallest absolute Gasteiger partial charge is 0.219 e. The normalized spacial score (nSPS) is 16.9. The first kappa shape index (κ1) is 11.6. The Balaban J connectivity index is 2.10. The van der Waals surface area contributed by atoms with Gasteiger partial charge in [-0.15, -0.1) is 0 Å². The molecule has 0 radical (unpaired) electrons. The van der Waals surface area contributed by atoms with Gasteiger partial charge in [0.1, 0.15) is 11.6 Å². The molecule has 0 atom stereocenters. The SMILES string of the molecule is CC(C)n1ccnc1CS(=O)(=O)NC1CC1. The van der Waals surface area contributed by atoms with Crippen LogP contribution in [-0.2, 0) is 15.8 Å². The average Bonchev–Trinajstić information content (AvgIpc) is 2.80. The van der Waals surface area contributed by atoms with Crippen molar-refractivity contribution in [3.63, 3.8) is 0 Å². The van der Waals surface area contributed by atoms with E-state index in [1.54, 1.807) is 6.20 Å². The van der Waals surface area contributed by atoms with E-state index in [-0.39, 0.29) is 17.8 Å². The molecule has 1 saturated carbocycles. The molecule has 1 heterocycles. The Morgan fingerprint density at radius 1 is 1.56 bits per heavy atom. The molecule has 0 aliphatic heterocycles. The number of imidazole rings is 1. The van der Waals surface area contributed by atoms with Crippen LogP contribution in [0.4, 0.5) is 0 Å². The summed E-state index contributed by atoms with van der Waals surface area (Å²) in [5.74, 6) is 0.567. The maximum absolute atomic E-state index is 11.8. The first-order valence-electron chi connectivity index (χ1n) is 5.49. The van der Waals surface area contributed by atoms with Gasteiger partial charge in [-0.1, -0.05) is 0 Å². The molecule has 90 valence electrons. The number of nitrogens with one attached hydrogen (secondary N) is 1. The van der Waals surface area contributed by atoms with Crippen LogP contribution >= 0.6 is 0 Å². The van der Waals surface area contributed by atoms with Gasteiger partial charge in [0.05, 0.1) is 0 Å². The fraction of sp³-hybridized carbons (Fsp3) is 0.700. The molecule has 16 heavy (non-hydrogen) atoms. The second-order valence-corrected chi connectivity index (χ2v) is 6.25. The maximum Gasteiger partial charge on any atom is 0.219 e. The van der Waals surface area contributed by atoms with Crippen molar-refractivity contribution >= 4 is 10.0 Å². The zero-order valence-corrected chi connectivity index (χ0v) is 10.4. The highest BCUT2D eigenvalue weighted by Crippen LogP contribution is 2.20. The van der Waals surface area contributed by atoms with E-state index >= 15 is 0 Å². The van der Waals surface area contributed by atoms with Crippen molar-refractivity contribution in [2.75, 3.05) is 0 Å². The van der Waals surface area contributed by atoms with E-state index in [1.165, 1.54) is 0 Å². The molecule has 2 rings (SSSR count). The predicted molar refractivity (Wildman–Crippen MR) is 61.4 cm³/mol. The molecule has 1 aromatic rings. The lowest BCUT2D eigenvalue weighted by molar-refractivity contribution is 0.559. The zero-order chi connectivity index (χ0) is 11.8. The average molecular weight is 243 g/mol. The third kappa shape index (κ3) is 2.82. The molecular weight excluding hydrogens is 226 g/mol. The van der Waals surface area contributed by atoms with Gasteiger partial charge in [0, 0.05) is 24.5 Å². The third-order valence-corrected chi connectivity index (χ3v) is 3.88. The summed E-state index contributed by atoms with van der Waals surface area (Å²) in [4.78, 5) is 4.09. The quantitative estimate of drug-likeness (QED) is 0.840. The highest BCUT2D eigenvalue weighted by molar-refractivity contribution is 7.88. The highest BCUT2D eigenvalue weighted by Gasteiger charge is 2.27. The predicted octanol–water partition coefficient (Wildman–Crippen LogP) is 1.05. The van der Waals surface area contributed by atoms with Crippen molar-refractivity contribution in [2.45, 2.75) is 44.5 Å². The van der Waals surface area contributed by atoms with Crippen LogP contribution in [0.3, 0.4) is 0 Å². The molecule has 5 nitrogen and oxygen atoms in total. The summed E-state index contributed by atoms with van der Waals surface area (Å²) in [6.07, 6.45) is 5.37. The Morgan fingerprint density at radius 2 is 2.25 bits per heavy atom. The number of sulfonamides is 1. The summed E-state index contributed by atoms with van der Waals surface area (Å²) in [6, 6.07) is 0.390. The van der Waals surface area contributed by atoms with Crippen LogP contribution in [0.2, 0.25) is 0 Å². The van der Waals surface area contributed by atoms with E-state index in [9.17, 15) is 8.42 Å². The molecule has 0 aromatic carbocycles. The van der Waals surface area contributed by atoms with Crippen molar-refractivity contribution in [1.29, 1.82) is 0 Å². The summed E-state index contributed by atoms with van der Waals surface area (Å²) in [6.45, 7) is 4.01. The summed E-state index contributed by atoms with van der Waals surface area (Å²) in [5.41, 5.74) is 0. The lowest BCUT2D eigenvalue weighted by Gasteiger charge is -2.11. The summed E-state index contributed by atoms with van der Waals surface area (Å²) in [5, 5.41) is 0. The molecule has 1 N–H and O–H groups in total. The fourth-order valence-electron chi connectivity index (χ4n) is 1.59. The molecule has 1 aliphatic rings. The lowest BCUT2D eigenvalue weighted by atomic mass is 10.4. The Labute approximate surface area is 95.9 Å². The Kier molecular flexibility index (Phi) is 3.03. The van der Waals surface area contributed by atoms with Gasteiger partial charge in [-0.05, 0) is 26.7 Å². The van der Waals surface area contributed by atoms with Gasteiger partial charge in [0.25, 0.3) is 0 Å². The van der Waals surface area contributed by atoms with E-state index in [0.29, 0.717) is 5.82 Å². The van der Waals surface area contributed by atoms with Crippen LogP contribution < -0.4 is 4.72 Å². The first-order valence-corrected chi connectivity index (χ1v) is 7.15. The molecule has 0 unspecified atom stereocenters. The monoisotopic (exact) mass is 243 g/mol. The largest absolute Gasteiger partial charge is 0.332 e. The van der Waals surface area contributed by atoms with Crippen LogP contribution in [0.15, 0.2) is 12.4 Å². The number of hydrogen-bond acceptors (Lipinski definition) is 3. The Morgan fingerprint density at radius 3 is 2.81 bits per heavy atom. The minimum Gasteiger partial charge on any atom is -0.332 e. The van der Waals surface area contributed by atoms with Crippen LogP contribution in [0.25, 0.3) is 0 Å². The van der Waals surface area contributed by atoms with Crippen LogP contribution in [0, 0.1) is 0 Å². The Hall–Kier alpha value is -0.880. The van der Waals surface area contributed by atoms with E-state index in [1.807, 2.05) is 24.6 Å². The minimum atomic E-state index is -3.23. The van der Waals surface area contributed by atoms with Gasteiger partial charge >= 0.3 is 0 Å². The van der Waals surface area contributed by atoms with Gasteiger partial charge in [-0.25, -0.2) is 18.1 Å². The second kappa shape index (κ2) is 4.18. The molecule has 6 heteroatoms. The number of aromatic nitrogens is 2. The highest BCUT2D eigenvalue weighted by atomic mass is 32.2. The number of hydrogen-bond donors (Lipinski definition) is 1. The maximum atomic E-state index is 11.8. The van der Waals surface area contributed by atoms with E-state index in [4.69, 9.17) is 0 Å². The summed E-state index contributed by atoms with van der Waals surface area (Å²) < 4.78 is 28.1. The molecular formula is C10H17N3O2S. The van der Waals surface area contributed by atoms with Gasteiger partial charge in [-0.2, -0.15) is 0 Å². The topological polar surface area (TPSA) is 64.0 Å². The van der Waals surface area contributed by atoms with Crippen LogP contribution in [0.5, 0.6) is 0 Å². The molecule has 0 saturated heterocycles. The van der Waals surface area contributed by atoms with Crippen LogP contribution in [0.1, 0.15) is 38.6 Å². The second-order valence-electron chi connectivity index (χ2n) is 4.50. The molecule has 1 aliphatic carbocycles. The van der Waals surface area contributed by atoms with E-state index in [0.717, 1.165) is 12.8 Å². The number of nitrogens with zero attached hydrogens (tertiary/aromatic N) is 2. The Bertz CT molecular complexity index is 460. The van der Waals surface area contributed by atoms with Crippen molar-refractivity contribution < 1.29 is 8.42 Å². The van der Waals surface area contributed by atoms with Crippen molar-refractivity contribution in [1.82, 2.24) is 14.3 Å². The van der Waals surface area contributed by atoms with E-state index in [2.05, 4.69) is 9.71 Å². The van der Waals surface area contributed by atoms with Crippen molar-refractivity contribution in [3.05, 3.63) is 18.2 Å². The summed E-state index contributed by atoms with van der Waals surface area (Å²) in [7, 11) is -3.23. The standard InChI is InChI=1S/C10H17N3O2S/c1-8(2)13-6-5-11-10(13)7-16(14,15)12-9-3-4-9/h5-6,8-9,12H,3-4,7H2,1-2H3. The fourth-order valence-corrected chi connectivity index (χ4v) is 2.98. The molecule has 0 amide bonds. The molecule has 0 bridgehead atoms. The van der Waals surface area contributed by atoms with Crippen LogP contribution in [-0.4, -0.2) is 24.0 Å². The van der Waals surface area contributed by atoms with Gasteiger partial charge in [0.2, 0.25) is 10.0 Å². The van der Waals surface area contributed by atoms with Crippen molar-refractivity contribution in [3.8, 4) is 0 Å². The first-order chi connectivity index (χ1) is 7.48. The zero-order valence-electron chi connectivity index (χ0n) is 9.55. The number of rotatable bonds is 5. The van der Waals surface area contributed by atoms with E-state index < -0.39 is 10.0 Å². The van der Waals surface area contributed by atoms with Gasteiger partial charge in [-0.3, -0.25) is 0 Å². The third-order valence-electron chi connectivity index (χ3n) is 2.55.